The van der Waals surface area contributed by atoms with Gasteiger partial charge in [-0.1, -0.05) is 6.08 Å². The quantitative estimate of drug-likeness (QED) is 0.299. The molecule has 1 aromatic heterocycles. The lowest BCUT2D eigenvalue weighted by atomic mass is 9.75. The first-order chi connectivity index (χ1) is 21.4. The summed E-state index contributed by atoms with van der Waals surface area (Å²) in [5.41, 5.74) is -2.31. The van der Waals surface area contributed by atoms with Crippen LogP contribution in [-0.2, 0) is 9.47 Å². The minimum atomic E-state index is -2.88. The molecule has 2 aliphatic carbocycles. The van der Waals surface area contributed by atoms with Crippen LogP contribution in [-0.4, -0.2) is 90.6 Å². The van der Waals surface area contributed by atoms with Crippen molar-refractivity contribution < 1.29 is 46.7 Å². The lowest BCUT2D eigenvalue weighted by molar-refractivity contribution is -0.162. The van der Waals surface area contributed by atoms with Crippen molar-refractivity contribution in [2.24, 2.45) is 16.8 Å². The normalized spacial score (nSPS) is 36.2. The van der Waals surface area contributed by atoms with Gasteiger partial charge < -0.3 is 24.8 Å². The maximum absolute atomic E-state index is 14.3. The highest BCUT2D eigenvalue weighted by atomic mass is 32.2. The van der Waals surface area contributed by atoms with Crippen molar-refractivity contribution in [3.05, 3.63) is 54.1 Å². The van der Waals surface area contributed by atoms with Gasteiger partial charge in [-0.25, -0.2) is 22.0 Å². The summed E-state index contributed by atoms with van der Waals surface area (Å²) in [5.74, 6) is -6.88. The van der Waals surface area contributed by atoms with E-state index in [4.69, 9.17) is 14.5 Å². The molecule has 0 spiro atoms. The van der Waals surface area contributed by atoms with Crippen LogP contribution in [0.2, 0.25) is 0 Å². The number of aromatic nitrogens is 2. The van der Waals surface area contributed by atoms with Crippen molar-refractivity contribution in [1.82, 2.24) is 9.78 Å². The SMILES string of the molecule is OC1CO[C@H]2C1O[C@@H](S[C@H](C1N=CC=CC1C1CC1)C1(O)CCC(F)(F)CC1)C(O)C2n1cc(-c2cc(F)c(F)c(F)c2)cn1. The van der Waals surface area contributed by atoms with Gasteiger partial charge in [0.1, 0.15) is 35.9 Å². The molecule has 2 saturated heterocycles. The lowest BCUT2D eigenvalue weighted by Crippen LogP contribution is -2.58. The topological polar surface area (TPSA) is 109 Å². The highest BCUT2D eigenvalue weighted by molar-refractivity contribution is 8.00. The minimum absolute atomic E-state index is 0.0196. The van der Waals surface area contributed by atoms with E-state index in [2.05, 4.69) is 5.10 Å². The molecule has 0 radical (unpaired) electrons. The van der Waals surface area contributed by atoms with Gasteiger partial charge in [-0.05, 0) is 55.4 Å². The third-order valence-electron chi connectivity index (χ3n) is 9.85. The number of aliphatic hydroxyl groups is 3. The van der Waals surface area contributed by atoms with Crippen LogP contribution < -0.4 is 0 Å². The number of alkyl halides is 2. The van der Waals surface area contributed by atoms with Crippen LogP contribution in [0.1, 0.15) is 44.6 Å². The largest absolute Gasteiger partial charge is 0.389 e. The van der Waals surface area contributed by atoms with E-state index >= 15 is 0 Å². The molecule has 2 aromatic rings. The van der Waals surface area contributed by atoms with Crippen LogP contribution in [0.5, 0.6) is 0 Å². The fourth-order valence-corrected chi connectivity index (χ4v) is 8.91. The Hall–Kier alpha value is -2.36. The molecule has 3 N–H and O–H groups in total. The monoisotopic (exact) mass is 655 g/mol. The Morgan fingerprint density at radius 3 is 2.40 bits per heavy atom. The first kappa shape index (κ1) is 31.3. The average Bonchev–Trinajstić information content (AvgIpc) is 3.64. The number of thioether (sulfide) groups is 1. The van der Waals surface area contributed by atoms with E-state index in [0.717, 1.165) is 36.7 Å². The number of fused-ring (bicyclic) bond motifs is 1. The van der Waals surface area contributed by atoms with Gasteiger partial charge in [0.15, 0.2) is 17.5 Å². The summed E-state index contributed by atoms with van der Waals surface area (Å²) < 4.78 is 83.5. The molecule has 5 aliphatic rings. The maximum Gasteiger partial charge on any atom is 0.248 e. The van der Waals surface area contributed by atoms with E-state index in [1.165, 1.54) is 17.1 Å². The van der Waals surface area contributed by atoms with Crippen molar-refractivity contribution in [3.63, 3.8) is 0 Å². The Morgan fingerprint density at radius 1 is 1.00 bits per heavy atom. The van der Waals surface area contributed by atoms with Gasteiger partial charge >= 0.3 is 0 Å². The number of rotatable bonds is 7. The Kier molecular flexibility index (Phi) is 8.13. The van der Waals surface area contributed by atoms with Crippen LogP contribution in [0.3, 0.4) is 0 Å². The molecule has 9 atom stereocenters. The molecule has 3 aliphatic heterocycles. The first-order valence-corrected chi connectivity index (χ1v) is 16.2. The summed E-state index contributed by atoms with van der Waals surface area (Å²) in [7, 11) is 0. The summed E-state index contributed by atoms with van der Waals surface area (Å²) >= 11 is 1.13. The zero-order valence-corrected chi connectivity index (χ0v) is 24.9. The van der Waals surface area contributed by atoms with Crippen LogP contribution in [0.25, 0.3) is 11.1 Å². The molecular weight excluding hydrogens is 621 g/mol. The summed E-state index contributed by atoms with van der Waals surface area (Å²) in [6.45, 7) is -0.0810. The molecule has 1 aromatic carbocycles. The summed E-state index contributed by atoms with van der Waals surface area (Å²) in [5, 5.41) is 38.2. The number of ether oxygens (including phenoxy) is 2. The van der Waals surface area contributed by atoms with Crippen molar-refractivity contribution in [2.75, 3.05) is 6.61 Å². The van der Waals surface area contributed by atoms with Crippen LogP contribution in [0.4, 0.5) is 22.0 Å². The Morgan fingerprint density at radius 2 is 1.71 bits per heavy atom. The molecule has 0 bridgehead atoms. The lowest BCUT2D eigenvalue weighted by Gasteiger charge is -2.48. The second kappa shape index (κ2) is 11.7. The molecule has 2 saturated carbocycles. The fraction of sp³-hybridized carbons (Fsp3) is 0.613. The summed E-state index contributed by atoms with van der Waals surface area (Å²) in [6, 6.07) is 0.278. The van der Waals surface area contributed by atoms with Gasteiger partial charge in [0, 0.05) is 36.7 Å². The predicted octanol–water partition coefficient (Wildman–Crippen LogP) is 4.43. The van der Waals surface area contributed by atoms with Crippen molar-refractivity contribution in [2.45, 2.75) is 97.2 Å². The van der Waals surface area contributed by atoms with Gasteiger partial charge in [0.05, 0.1) is 29.7 Å². The standard InChI is InChI=1S/C31H34F5N3O5S/c32-19-10-16(11-20(33)22(19)34)17-12-38-39(13-17)24-25(41)29(44-26-21(40)14-43-27(24)26)45-28(30(42)5-7-31(35,36)8-6-30)23-18(15-3-4-15)2-1-9-37-23/h1-2,9-13,15,18,21,23-29,40-42H,3-8,14H2/t18?,21?,23?,24?,25?,26?,27-,28-,29+/m1/s1. The number of hydrogen-bond donors (Lipinski definition) is 3. The van der Waals surface area contributed by atoms with Crippen molar-refractivity contribution in [3.8, 4) is 11.1 Å². The number of hydrogen-bond acceptors (Lipinski definition) is 8. The third-order valence-corrected chi connectivity index (χ3v) is 11.5. The highest BCUT2D eigenvalue weighted by Gasteiger charge is 2.57. The number of aliphatic imine (C=N–C) groups is 1. The number of allylic oxidation sites excluding steroid dienone is 1. The molecule has 8 nitrogen and oxygen atoms in total. The van der Waals surface area contributed by atoms with Crippen LogP contribution in [0.15, 0.2) is 41.7 Å². The summed E-state index contributed by atoms with van der Waals surface area (Å²) in [4.78, 5) is 4.74. The highest BCUT2D eigenvalue weighted by Crippen LogP contribution is 2.52. The van der Waals surface area contributed by atoms with E-state index in [-0.39, 0.29) is 36.5 Å². The Balaban J connectivity index is 1.21. The van der Waals surface area contributed by atoms with Crippen LogP contribution >= 0.6 is 11.8 Å². The van der Waals surface area contributed by atoms with Gasteiger partial charge in [0.2, 0.25) is 5.92 Å². The number of nitrogens with zero attached hydrogens (tertiary/aromatic N) is 3. The van der Waals surface area contributed by atoms with Crippen LogP contribution in [0, 0.1) is 29.3 Å². The van der Waals surface area contributed by atoms with E-state index < -0.39 is 89.0 Å². The number of benzene rings is 1. The molecular formula is C31H34F5N3O5S. The molecule has 4 fully saturated rings. The third kappa shape index (κ3) is 5.86. The second-order valence-electron chi connectivity index (χ2n) is 12.9. The van der Waals surface area contributed by atoms with E-state index in [0.29, 0.717) is 5.92 Å². The molecule has 244 valence electrons. The average molecular weight is 656 g/mol. The fourth-order valence-electron chi connectivity index (χ4n) is 7.20. The number of halogens is 5. The minimum Gasteiger partial charge on any atom is -0.389 e. The Bertz CT molecular complexity index is 1450. The van der Waals surface area contributed by atoms with Gasteiger partial charge in [-0.2, -0.15) is 5.10 Å². The number of aliphatic hydroxyl groups excluding tert-OH is 2. The molecule has 45 heavy (non-hydrogen) atoms. The maximum atomic E-state index is 14.3. The summed E-state index contributed by atoms with van der Waals surface area (Å²) in [6.07, 6.45) is 4.89. The van der Waals surface area contributed by atoms with Gasteiger partial charge in [-0.15, -0.1) is 11.8 Å². The zero-order chi connectivity index (χ0) is 31.7. The Labute approximate surface area is 260 Å². The molecule has 0 amide bonds. The van der Waals surface area contributed by atoms with E-state index in [1.807, 2.05) is 12.2 Å². The zero-order valence-electron chi connectivity index (χ0n) is 24.1. The molecule has 7 rings (SSSR count). The smallest absolute Gasteiger partial charge is 0.248 e. The second-order valence-corrected chi connectivity index (χ2v) is 14.1. The number of dihydropyridines is 1. The van der Waals surface area contributed by atoms with E-state index in [9.17, 15) is 37.3 Å². The van der Waals surface area contributed by atoms with Gasteiger partial charge in [-0.3, -0.25) is 9.67 Å². The van der Waals surface area contributed by atoms with Gasteiger partial charge in [0.25, 0.3) is 0 Å². The molecule has 14 heteroatoms. The van der Waals surface area contributed by atoms with Crippen molar-refractivity contribution >= 4 is 18.0 Å². The predicted molar refractivity (Wildman–Crippen MR) is 154 cm³/mol. The molecule has 4 heterocycles. The molecule has 6 unspecified atom stereocenters. The van der Waals surface area contributed by atoms with E-state index in [1.54, 1.807) is 6.21 Å². The van der Waals surface area contributed by atoms with Crippen molar-refractivity contribution in [1.29, 1.82) is 0 Å². The first-order valence-electron chi connectivity index (χ1n) is 15.2.